The van der Waals surface area contributed by atoms with E-state index in [0.29, 0.717) is 12.0 Å². The van der Waals surface area contributed by atoms with Gasteiger partial charge < -0.3 is 5.32 Å². The van der Waals surface area contributed by atoms with E-state index in [2.05, 4.69) is 29.0 Å². The lowest BCUT2D eigenvalue weighted by atomic mass is 10.1. The molecular weight excluding hydrogens is 268 g/mol. The third-order valence-electron chi connectivity index (χ3n) is 4.30. The molecule has 0 spiro atoms. The first-order chi connectivity index (χ1) is 9.67. The Morgan fingerprint density at radius 2 is 2.05 bits per heavy atom. The highest BCUT2D eigenvalue weighted by Crippen LogP contribution is 2.33. The van der Waals surface area contributed by atoms with Crippen molar-refractivity contribution in [1.82, 2.24) is 20.1 Å². The zero-order valence-corrected chi connectivity index (χ0v) is 13.7. The molecule has 1 aromatic heterocycles. The zero-order valence-electron chi connectivity index (χ0n) is 12.9. The Morgan fingerprint density at radius 1 is 1.30 bits per heavy atom. The van der Waals surface area contributed by atoms with Crippen LogP contribution < -0.4 is 5.32 Å². The molecule has 1 atom stereocenters. The van der Waals surface area contributed by atoms with Crippen molar-refractivity contribution >= 4 is 11.3 Å². The van der Waals surface area contributed by atoms with E-state index < -0.39 is 0 Å². The number of hydrogen-bond donors (Lipinski definition) is 1. The van der Waals surface area contributed by atoms with Gasteiger partial charge in [-0.25, -0.2) is 4.98 Å². The molecule has 0 aliphatic carbocycles. The highest BCUT2D eigenvalue weighted by Gasteiger charge is 2.35. The van der Waals surface area contributed by atoms with E-state index in [-0.39, 0.29) is 0 Å². The van der Waals surface area contributed by atoms with Crippen molar-refractivity contribution in [2.24, 2.45) is 5.92 Å². The van der Waals surface area contributed by atoms with Gasteiger partial charge in [-0.1, -0.05) is 13.8 Å². The number of piperazine rings is 3. The summed E-state index contributed by atoms with van der Waals surface area (Å²) in [5, 5.41) is 4.64. The Labute approximate surface area is 126 Å². The summed E-state index contributed by atoms with van der Waals surface area (Å²) < 4.78 is 0. The van der Waals surface area contributed by atoms with Gasteiger partial charge in [0.1, 0.15) is 5.01 Å². The summed E-state index contributed by atoms with van der Waals surface area (Å²) in [6, 6.07) is 0.541. The number of fused-ring (bicyclic) bond motifs is 3. The first-order valence-corrected chi connectivity index (χ1v) is 8.58. The molecule has 1 N–H and O–H groups in total. The van der Waals surface area contributed by atoms with Crippen molar-refractivity contribution in [1.29, 1.82) is 0 Å². The number of nitrogens with zero attached hydrogens (tertiary/aromatic N) is 3. The lowest BCUT2D eigenvalue weighted by Gasteiger charge is -2.46. The van der Waals surface area contributed by atoms with Crippen LogP contribution in [0.4, 0.5) is 0 Å². The topological polar surface area (TPSA) is 31.4 Å². The van der Waals surface area contributed by atoms with E-state index >= 15 is 0 Å². The van der Waals surface area contributed by atoms with Crippen LogP contribution in [-0.2, 0) is 13.0 Å². The maximum atomic E-state index is 5.02. The maximum absolute atomic E-state index is 5.02. The van der Waals surface area contributed by atoms with Gasteiger partial charge in [-0.15, -0.1) is 11.3 Å². The molecule has 3 aliphatic heterocycles. The Kier molecular flexibility index (Phi) is 4.40. The summed E-state index contributed by atoms with van der Waals surface area (Å²) in [6.45, 7) is 11.6. The Morgan fingerprint density at radius 3 is 2.60 bits per heavy atom. The Hall–Kier alpha value is -0.490. The van der Waals surface area contributed by atoms with E-state index in [0.717, 1.165) is 13.0 Å². The fraction of sp³-hybridized carbons (Fsp3) is 0.800. The van der Waals surface area contributed by atoms with Gasteiger partial charge in [0.25, 0.3) is 0 Å². The monoisotopic (exact) mass is 294 g/mol. The highest BCUT2D eigenvalue weighted by molar-refractivity contribution is 7.11. The summed E-state index contributed by atoms with van der Waals surface area (Å²) in [4.78, 5) is 11.7. The van der Waals surface area contributed by atoms with Crippen LogP contribution in [-0.4, -0.2) is 54.6 Å². The molecule has 3 saturated heterocycles. The summed E-state index contributed by atoms with van der Waals surface area (Å²) in [7, 11) is 2.02. The van der Waals surface area contributed by atoms with Gasteiger partial charge in [0.2, 0.25) is 0 Å². The number of nitrogens with one attached hydrogen (secondary N) is 1. The van der Waals surface area contributed by atoms with Gasteiger partial charge >= 0.3 is 0 Å². The normalized spacial score (nSPS) is 29.3. The SMILES string of the molecule is CNCc1sc(C2CN3CCN2CC3)nc1CC(C)C. The van der Waals surface area contributed by atoms with Crippen molar-refractivity contribution in [2.45, 2.75) is 32.9 Å². The van der Waals surface area contributed by atoms with Crippen molar-refractivity contribution in [3.05, 3.63) is 15.6 Å². The lowest BCUT2D eigenvalue weighted by Crippen LogP contribution is -2.56. The molecule has 3 fully saturated rings. The van der Waals surface area contributed by atoms with Gasteiger partial charge in [0, 0.05) is 44.1 Å². The molecule has 5 heteroatoms. The molecule has 20 heavy (non-hydrogen) atoms. The molecule has 1 unspecified atom stereocenters. The highest BCUT2D eigenvalue weighted by atomic mass is 32.1. The van der Waals surface area contributed by atoms with Crippen molar-refractivity contribution < 1.29 is 0 Å². The number of thiazole rings is 1. The molecular formula is C15H26N4S. The fourth-order valence-corrected chi connectivity index (χ4v) is 4.47. The largest absolute Gasteiger partial charge is 0.315 e. The first-order valence-electron chi connectivity index (χ1n) is 7.77. The van der Waals surface area contributed by atoms with Crippen LogP contribution in [0, 0.1) is 5.92 Å². The minimum atomic E-state index is 0.541. The summed E-state index contributed by atoms with van der Waals surface area (Å²) in [6.07, 6.45) is 1.10. The molecule has 0 amide bonds. The van der Waals surface area contributed by atoms with Crippen LogP contribution in [0.2, 0.25) is 0 Å². The van der Waals surface area contributed by atoms with Gasteiger partial charge in [-0.05, 0) is 19.4 Å². The second-order valence-corrected chi connectivity index (χ2v) is 7.52. The van der Waals surface area contributed by atoms with Crippen molar-refractivity contribution in [2.75, 3.05) is 39.8 Å². The summed E-state index contributed by atoms with van der Waals surface area (Å²) in [5.74, 6) is 0.674. The lowest BCUT2D eigenvalue weighted by molar-refractivity contribution is 0.0122. The quantitative estimate of drug-likeness (QED) is 0.896. The number of hydrogen-bond acceptors (Lipinski definition) is 5. The molecule has 4 rings (SSSR count). The maximum Gasteiger partial charge on any atom is 0.112 e. The summed E-state index contributed by atoms with van der Waals surface area (Å²) >= 11 is 1.93. The molecule has 3 aliphatic rings. The molecule has 2 bridgehead atoms. The first kappa shape index (κ1) is 14.4. The standard InChI is InChI=1S/C15H26N4S/c1-11(2)8-12-14(9-16-3)20-15(17-12)13-10-18-4-6-19(13)7-5-18/h11,13,16H,4-10H2,1-3H3. The van der Waals surface area contributed by atoms with Crippen LogP contribution >= 0.6 is 11.3 Å². The van der Waals surface area contributed by atoms with Gasteiger partial charge in [0.15, 0.2) is 0 Å². The number of rotatable bonds is 5. The second kappa shape index (κ2) is 6.10. The third-order valence-corrected chi connectivity index (χ3v) is 5.50. The van der Waals surface area contributed by atoms with E-state index in [1.54, 1.807) is 0 Å². The molecule has 112 valence electrons. The van der Waals surface area contributed by atoms with Crippen LogP contribution in [0.5, 0.6) is 0 Å². The van der Waals surface area contributed by atoms with Crippen LogP contribution in [0.1, 0.15) is 35.5 Å². The molecule has 4 heterocycles. The zero-order chi connectivity index (χ0) is 14.1. The second-order valence-electron chi connectivity index (χ2n) is 6.40. The van der Waals surface area contributed by atoms with Crippen molar-refractivity contribution in [3.63, 3.8) is 0 Å². The van der Waals surface area contributed by atoms with Gasteiger partial charge in [-0.3, -0.25) is 9.80 Å². The Balaban J connectivity index is 1.82. The third kappa shape index (κ3) is 2.91. The van der Waals surface area contributed by atoms with Gasteiger partial charge in [-0.2, -0.15) is 0 Å². The van der Waals surface area contributed by atoms with E-state index in [9.17, 15) is 0 Å². The fourth-order valence-electron chi connectivity index (χ4n) is 3.24. The van der Waals surface area contributed by atoms with Crippen LogP contribution in [0.3, 0.4) is 0 Å². The minimum absolute atomic E-state index is 0.541. The molecule has 4 nitrogen and oxygen atoms in total. The average Bonchev–Trinajstić information content (AvgIpc) is 2.83. The Bertz CT molecular complexity index is 449. The summed E-state index contributed by atoms with van der Waals surface area (Å²) in [5.41, 5.74) is 1.33. The average molecular weight is 294 g/mol. The van der Waals surface area contributed by atoms with E-state index in [4.69, 9.17) is 4.98 Å². The van der Waals surface area contributed by atoms with E-state index in [1.807, 2.05) is 18.4 Å². The van der Waals surface area contributed by atoms with Crippen LogP contribution in [0.25, 0.3) is 0 Å². The smallest absolute Gasteiger partial charge is 0.112 e. The molecule has 0 aromatic carbocycles. The minimum Gasteiger partial charge on any atom is -0.315 e. The molecule has 1 aromatic rings. The predicted molar refractivity (Wildman–Crippen MR) is 84.2 cm³/mol. The van der Waals surface area contributed by atoms with E-state index in [1.165, 1.54) is 48.3 Å². The molecule has 0 radical (unpaired) electrons. The molecule has 0 saturated carbocycles. The van der Waals surface area contributed by atoms with Crippen molar-refractivity contribution in [3.8, 4) is 0 Å². The van der Waals surface area contributed by atoms with Gasteiger partial charge in [0.05, 0.1) is 11.7 Å². The number of aromatic nitrogens is 1. The predicted octanol–water partition coefficient (Wildman–Crippen LogP) is 1.73. The van der Waals surface area contributed by atoms with Crippen LogP contribution in [0.15, 0.2) is 0 Å².